The minimum Gasteiger partial charge on any atom is -0.450 e. The molecule has 2 rings (SSSR count). The molecule has 1 amide bonds. The first-order valence-electron chi connectivity index (χ1n) is 6.10. The Kier molecular flexibility index (Phi) is 4.88. The average Bonchev–Trinajstić information content (AvgIpc) is 2.43. The Morgan fingerprint density at radius 1 is 1.15 bits per heavy atom. The fraction of sp³-hybridized carbons (Fsp3) is 0.133. The van der Waals surface area contributed by atoms with Gasteiger partial charge in [-0.3, -0.25) is 5.32 Å². The van der Waals surface area contributed by atoms with E-state index in [-0.39, 0.29) is 0 Å². The number of carbonyl (C=O) groups is 1. The average molecular weight is 310 g/mol. The summed E-state index contributed by atoms with van der Waals surface area (Å²) >= 11 is 11.9. The zero-order valence-corrected chi connectivity index (χ0v) is 12.3. The molecule has 0 fully saturated rings. The van der Waals surface area contributed by atoms with Crippen LogP contribution in [-0.4, -0.2) is 12.7 Å². The van der Waals surface area contributed by atoms with E-state index < -0.39 is 6.09 Å². The summed E-state index contributed by atoms with van der Waals surface area (Å²) in [6, 6.07) is 12.7. The largest absolute Gasteiger partial charge is 0.450 e. The highest BCUT2D eigenvalue weighted by Gasteiger charge is 2.09. The van der Waals surface area contributed by atoms with Gasteiger partial charge >= 0.3 is 6.09 Å². The summed E-state index contributed by atoms with van der Waals surface area (Å²) in [5.74, 6) is 0. The number of nitrogens with one attached hydrogen (secondary N) is 1. The Balaban J connectivity index is 2.36. The number of carbonyl (C=O) groups excluding carboxylic acids is 1. The molecule has 3 nitrogen and oxygen atoms in total. The molecule has 0 saturated carbocycles. The lowest BCUT2D eigenvalue weighted by Gasteiger charge is -2.11. The third kappa shape index (κ3) is 3.44. The van der Waals surface area contributed by atoms with Crippen LogP contribution in [0.4, 0.5) is 10.5 Å². The first kappa shape index (κ1) is 14.7. The molecule has 0 bridgehead atoms. The fourth-order valence-electron chi connectivity index (χ4n) is 1.78. The maximum atomic E-state index is 11.5. The summed E-state index contributed by atoms with van der Waals surface area (Å²) in [7, 11) is 0. The molecule has 0 saturated heterocycles. The Bertz CT molecular complexity index is 629. The summed E-state index contributed by atoms with van der Waals surface area (Å²) < 4.78 is 4.88. The van der Waals surface area contributed by atoms with E-state index in [0.717, 1.165) is 11.1 Å². The van der Waals surface area contributed by atoms with Crippen LogP contribution in [0.15, 0.2) is 42.5 Å². The van der Waals surface area contributed by atoms with E-state index in [9.17, 15) is 4.79 Å². The molecule has 1 N–H and O–H groups in total. The summed E-state index contributed by atoms with van der Waals surface area (Å²) in [4.78, 5) is 11.5. The van der Waals surface area contributed by atoms with Crippen molar-refractivity contribution in [2.75, 3.05) is 11.9 Å². The van der Waals surface area contributed by atoms with Crippen LogP contribution in [0, 0.1) is 0 Å². The second kappa shape index (κ2) is 6.64. The van der Waals surface area contributed by atoms with Gasteiger partial charge in [0.25, 0.3) is 0 Å². The van der Waals surface area contributed by atoms with E-state index in [1.54, 1.807) is 25.1 Å². The normalized spacial score (nSPS) is 10.2. The van der Waals surface area contributed by atoms with Crippen LogP contribution in [0.5, 0.6) is 0 Å². The molecule has 0 atom stereocenters. The van der Waals surface area contributed by atoms with Crippen molar-refractivity contribution >= 4 is 35.0 Å². The number of amides is 1. The lowest BCUT2D eigenvalue weighted by Crippen LogP contribution is -2.13. The monoisotopic (exact) mass is 309 g/mol. The van der Waals surface area contributed by atoms with Crippen molar-refractivity contribution in [2.24, 2.45) is 0 Å². The van der Waals surface area contributed by atoms with E-state index in [1.165, 1.54) is 0 Å². The van der Waals surface area contributed by atoms with Gasteiger partial charge in [0.05, 0.1) is 22.3 Å². The zero-order chi connectivity index (χ0) is 14.5. The van der Waals surface area contributed by atoms with Gasteiger partial charge in [0.2, 0.25) is 0 Å². The molecule has 0 aromatic heterocycles. The molecule has 0 heterocycles. The molecular formula is C15H13Cl2NO2. The lowest BCUT2D eigenvalue weighted by molar-refractivity contribution is 0.168. The minimum atomic E-state index is -0.486. The van der Waals surface area contributed by atoms with Crippen molar-refractivity contribution in [1.29, 1.82) is 0 Å². The molecule has 0 aliphatic carbocycles. The Morgan fingerprint density at radius 3 is 2.60 bits per heavy atom. The molecule has 104 valence electrons. The van der Waals surface area contributed by atoms with Gasteiger partial charge in [-0.1, -0.05) is 47.5 Å². The van der Waals surface area contributed by atoms with Crippen molar-refractivity contribution in [3.8, 4) is 11.1 Å². The fourth-order valence-corrected chi connectivity index (χ4v) is 2.08. The van der Waals surface area contributed by atoms with Crippen LogP contribution in [0.1, 0.15) is 6.92 Å². The number of para-hydroxylation sites is 1. The summed E-state index contributed by atoms with van der Waals surface area (Å²) in [6.45, 7) is 2.07. The Morgan fingerprint density at radius 2 is 1.90 bits per heavy atom. The molecule has 5 heteroatoms. The maximum Gasteiger partial charge on any atom is 0.411 e. The first-order valence-corrected chi connectivity index (χ1v) is 6.85. The van der Waals surface area contributed by atoms with Gasteiger partial charge < -0.3 is 4.74 Å². The van der Waals surface area contributed by atoms with E-state index >= 15 is 0 Å². The van der Waals surface area contributed by atoms with E-state index in [1.807, 2.05) is 24.3 Å². The molecule has 2 aromatic carbocycles. The molecular weight excluding hydrogens is 297 g/mol. The minimum absolute atomic E-state index is 0.320. The summed E-state index contributed by atoms with van der Waals surface area (Å²) in [6.07, 6.45) is -0.486. The van der Waals surface area contributed by atoms with Crippen LogP contribution in [0.25, 0.3) is 11.1 Å². The van der Waals surface area contributed by atoms with Crippen molar-refractivity contribution in [2.45, 2.75) is 6.92 Å². The third-order valence-corrected chi connectivity index (χ3v) is 3.41. The predicted molar refractivity (Wildman–Crippen MR) is 82.5 cm³/mol. The second-order valence-electron chi connectivity index (χ2n) is 4.02. The van der Waals surface area contributed by atoms with Gasteiger partial charge in [0.1, 0.15) is 0 Å². The number of benzene rings is 2. The number of ether oxygens (including phenoxy) is 1. The third-order valence-electron chi connectivity index (χ3n) is 2.67. The molecule has 0 radical (unpaired) electrons. The van der Waals surface area contributed by atoms with Gasteiger partial charge in [-0.15, -0.1) is 0 Å². The van der Waals surface area contributed by atoms with Gasteiger partial charge in [-0.2, -0.15) is 0 Å². The van der Waals surface area contributed by atoms with Gasteiger partial charge in [0.15, 0.2) is 0 Å². The SMILES string of the molecule is CCOC(=O)Nc1ccccc1-c1ccc(Cl)c(Cl)c1. The van der Waals surface area contributed by atoms with Crippen molar-refractivity contribution in [3.63, 3.8) is 0 Å². The first-order chi connectivity index (χ1) is 9.61. The van der Waals surface area contributed by atoms with E-state index in [2.05, 4.69) is 5.32 Å². The molecule has 0 unspecified atom stereocenters. The topological polar surface area (TPSA) is 38.3 Å². The molecule has 0 spiro atoms. The summed E-state index contributed by atoms with van der Waals surface area (Å²) in [5.41, 5.74) is 2.37. The van der Waals surface area contributed by atoms with Crippen LogP contribution in [0.2, 0.25) is 10.0 Å². The molecule has 0 aliphatic heterocycles. The van der Waals surface area contributed by atoms with Gasteiger partial charge in [0, 0.05) is 5.56 Å². The zero-order valence-electron chi connectivity index (χ0n) is 10.8. The van der Waals surface area contributed by atoms with E-state index in [4.69, 9.17) is 27.9 Å². The van der Waals surface area contributed by atoms with E-state index in [0.29, 0.717) is 22.3 Å². The highest BCUT2D eigenvalue weighted by Crippen LogP contribution is 2.32. The molecule has 0 aliphatic rings. The van der Waals surface area contributed by atoms with Crippen LogP contribution < -0.4 is 5.32 Å². The van der Waals surface area contributed by atoms with Crippen LogP contribution >= 0.6 is 23.2 Å². The number of hydrogen-bond acceptors (Lipinski definition) is 2. The summed E-state index contributed by atoms with van der Waals surface area (Å²) in [5, 5.41) is 3.67. The second-order valence-corrected chi connectivity index (χ2v) is 4.83. The predicted octanol–water partition coefficient (Wildman–Crippen LogP) is 5.23. The van der Waals surface area contributed by atoms with Crippen LogP contribution in [0.3, 0.4) is 0 Å². The number of rotatable bonds is 3. The smallest absolute Gasteiger partial charge is 0.411 e. The van der Waals surface area contributed by atoms with Crippen molar-refractivity contribution in [3.05, 3.63) is 52.5 Å². The number of halogens is 2. The van der Waals surface area contributed by atoms with Crippen LogP contribution in [-0.2, 0) is 4.74 Å². The number of hydrogen-bond donors (Lipinski definition) is 1. The molecule has 20 heavy (non-hydrogen) atoms. The molecule has 2 aromatic rings. The van der Waals surface area contributed by atoms with Crippen molar-refractivity contribution < 1.29 is 9.53 Å². The van der Waals surface area contributed by atoms with Crippen molar-refractivity contribution in [1.82, 2.24) is 0 Å². The van der Waals surface area contributed by atoms with Gasteiger partial charge in [-0.25, -0.2) is 4.79 Å². The highest BCUT2D eigenvalue weighted by molar-refractivity contribution is 6.42. The lowest BCUT2D eigenvalue weighted by atomic mass is 10.0. The maximum absolute atomic E-state index is 11.5. The number of anilines is 1. The Labute approximate surface area is 127 Å². The Hall–Kier alpha value is -1.71. The standard InChI is InChI=1S/C15H13Cl2NO2/c1-2-20-15(19)18-14-6-4-3-5-11(14)10-7-8-12(16)13(17)9-10/h3-9H,2H2,1H3,(H,18,19). The quantitative estimate of drug-likeness (QED) is 0.843. The van der Waals surface area contributed by atoms with Gasteiger partial charge in [-0.05, 0) is 30.7 Å². The highest BCUT2D eigenvalue weighted by atomic mass is 35.5.